The van der Waals surface area contributed by atoms with E-state index in [1.54, 1.807) is 0 Å². The van der Waals surface area contributed by atoms with Crippen LogP contribution in [0.5, 0.6) is 0 Å². The van der Waals surface area contributed by atoms with Crippen molar-refractivity contribution in [3.8, 4) is 0 Å². The minimum atomic E-state index is -0.764. The average Bonchev–Trinajstić information content (AvgIpc) is 2.95. The quantitative estimate of drug-likeness (QED) is 0.756. The number of ether oxygens (including phenoxy) is 2. The zero-order valence-electron chi connectivity index (χ0n) is 15.5. The zero-order chi connectivity index (χ0) is 17.8. The molecule has 0 atom stereocenters. The molecule has 1 N–H and O–H groups in total. The molecule has 2 rings (SSSR count). The Morgan fingerprint density at radius 3 is 2.38 bits per heavy atom. The number of anilines is 1. The van der Waals surface area contributed by atoms with Gasteiger partial charge in [0.05, 0.1) is 13.2 Å². The molecule has 0 saturated carbocycles. The topological polar surface area (TPSA) is 30.5 Å². The summed E-state index contributed by atoms with van der Waals surface area (Å²) in [5.74, 6) is -0.764. The summed E-state index contributed by atoms with van der Waals surface area (Å²) in [4.78, 5) is 0. The molecule has 1 aliphatic rings. The van der Waals surface area contributed by atoms with Gasteiger partial charge < -0.3 is 14.8 Å². The van der Waals surface area contributed by atoms with Crippen LogP contribution >= 0.6 is 0 Å². The second-order valence-electron chi connectivity index (χ2n) is 7.09. The molecule has 1 fully saturated rings. The van der Waals surface area contributed by atoms with Crippen molar-refractivity contribution in [1.82, 2.24) is 0 Å². The normalized spacial score (nSPS) is 18.5. The molecule has 0 aromatic heterocycles. The van der Waals surface area contributed by atoms with Crippen molar-refractivity contribution in [2.24, 2.45) is 0 Å². The summed E-state index contributed by atoms with van der Waals surface area (Å²) in [6.07, 6.45) is 5.85. The Hall–Kier alpha value is -1.84. The molecule has 1 heterocycles. The van der Waals surface area contributed by atoms with Gasteiger partial charge in [0.15, 0.2) is 5.79 Å². The van der Waals surface area contributed by atoms with Crippen LogP contribution in [0.1, 0.15) is 40.2 Å². The van der Waals surface area contributed by atoms with Gasteiger partial charge in [0.1, 0.15) is 0 Å². The Morgan fingerprint density at radius 2 is 1.83 bits per heavy atom. The van der Waals surface area contributed by atoms with Crippen molar-refractivity contribution in [2.75, 3.05) is 18.5 Å². The van der Waals surface area contributed by atoms with Gasteiger partial charge in [-0.05, 0) is 37.0 Å². The Bertz CT molecular complexity index is 644. The standard InChI is InChI=1S/C21H29NO2/c1-7-11-18(16(8-2)21(6)23-14-15-24-21)22-19-13-10-9-12-17(19)20(3,4)5/h7-13,22H,2,14-15H2,1,3-6H3/b11-7-,18-16-. The minimum absolute atomic E-state index is 0.0449. The second-order valence-corrected chi connectivity index (χ2v) is 7.09. The third-order valence-corrected chi connectivity index (χ3v) is 4.16. The fraction of sp³-hybridized carbons (Fsp3) is 0.429. The molecule has 0 amide bonds. The number of nitrogens with one attached hydrogen (secondary N) is 1. The maximum Gasteiger partial charge on any atom is 0.194 e. The molecule has 3 heteroatoms. The highest BCUT2D eigenvalue weighted by Crippen LogP contribution is 2.34. The van der Waals surface area contributed by atoms with Gasteiger partial charge in [-0.3, -0.25) is 0 Å². The molecule has 3 nitrogen and oxygen atoms in total. The number of rotatable bonds is 5. The first-order valence-electron chi connectivity index (χ1n) is 8.46. The van der Waals surface area contributed by atoms with Gasteiger partial charge in [0, 0.05) is 17.0 Å². The lowest BCUT2D eigenvalue weighted by Gasteiger charge is -2.28. The van der Waals surface area contributed by atoms with E-state index in [0.717, 1.165) is 17.0 Å². The fourth-order valence-corrected chi connectivity index (χ4v) is 2.97. The molecule has 0 unspecified atom stereocenters. The lowest BCUT2D eigenvalue weighted by molar-refractivity contribution is -0.107. The van der Waals surface area contributed by atoms with Crippen LogP contribution in [-0.4, -0.2) is 19.0 Å². The molecular weight excluding hydrogens is 298 g/mol. The summed E-state index contributed by atoms with van der Waals surface area (Å²) in [7, 11) is 0. The van der Waals surface area contributed by atoms with E-state index in [2.05, 4.69) is 50.9 Å². The van der Waals surface area contributed by atoms with E-state index in [1.807, 2.05) is 38.1 Å². The van der Waals surface area contributed by atoms with E-state index >= 15 is 0 Å². The SMILES string of the molecule is C=C/C(=C(\C=C/C)Nc1ccccc1C(C)(C)C)C1(C)OCCO1. The third-order valence-electron chi connectivity index (χ3n) is 4.16. The van der Waals surface area contributed by atoms with Crippen molar-refractivity contribution in [1.29, 1.82) is 0 Å². The first kappa shape index (κ1) is 18.5. The highest BCUT2D eigenvalue weighted by Gasteiger charge is 2.35. The van der Waals surface area contributed by atoms with E-state index in [1.165, 1.54) is 5.56 Å². The molecular formula is C21H29NO2. The van der Waals surface area contributed by atoms with Crippen LogP contribution in [0.3, 0.4) is 0 Å². The van der Waals surface area contributed by atoms with Gasteiger partial charge in [-0.1, -0.05) is 57.7 Å². The molecule has 1 aliphatic heterocycles. The number of hydrogen-bond donors (Lipinski definition) is 1. The lowest BCUT2D eigenvalue weighted by Crippen LogP contribution is -2.29. The van der Waals surface area contributed by atoms with Gasteiger partial charge in [-0.15, -0.1) is 0 Å². The predicted octanol–water partition coefficient (Wildman–Crippen LogP) is 5.18. The van der Waals surface area contributed by atoms with Gasteiger partial charge in [-0.25, -0.2) is 0 Å². The van der Waals surface area contributed by atoms with E-state index < -0.39 is 5.79 Å². The Kier molecular flexibility index (Phi) is 5.68. The molecule has 0 radical (unpaired) electrons. The van der Waals surface area contributed by atoms with Crippen LogP contribution in [0.2, 0.25) is 0 Å². The minimum Gasteiger partial charge on any atom is -0.355 e. The average molecular weight is 327 g/mol. The van der Waals surface area contributed by atoms with E-state index in [0.29, 0.717) is 13.2 Å². The van der Waals surface area contributed by atoms with E-state index in [4.69, 9.17) is 9.47 Å². The smallest absolute Gasteiger partial charge is 0.194 e. The van der Waals surface area contributed by atoms with Gasteiger partial charge in [0.2, 0.25) is 0 Å². The van der Waals surface area contributed by atoms with Crippen molar-refractivity contribution >= 4 is 5.69 Å². The largest absolute Gasteiger partial charge is 0.355 e. The molecule has 0 bridgehead atoms. The van der Waals surface area contributed by atoms with E-state index in [-0.39, 0.29) is 5.41 Å². The zero-order valence-corrected chi connectivity index (χ0v) is 15.5. The monoisotopic (exact) mass is 327 g/mol. The number of allylic oxidation sites excluding steroid dienone is 2. The predicted molar refractivity (Wildman–Crippen MR) is 101 cm³/mol. The summed E-state index contributed by atoms with van der Waals surface area (Å²) in [6, 6.07) is 8.38. The van der Waals surface area contributed by atoms with Crippen LogP contribution in [0.25, 0.3) is 0 Å². The number of hydrogen-bond acceptors (Lipinski definition) is 3. The molecule has 0 aliphatic carbocycles. The van der Waals surface area contributed by atoms with Gasteiger partial charge >= 0.3 is 0 Å². The van der Waals surface area contributed by atoms with Crippen LogP contribution in [0, 0.1) is 0 Å². The highest BCUT2D eigenvalue weighted by molar-refractivity contribution is 5.60. The molecule has 1 aromatic rings. The highest BCUT2D eigenvalue weighted by atomic mass is 16.7. The maximum atomic E-state index is 5.83. The molecule has 1 aromatic carbocycles. The van der Waals surface area contributed by atoms with Crippen LogP contribution in [-0.2, 0) is 14.9 Å². The first-order chi connectivity index (χ1) is 11.3. The first-order valence-corrected chi connectivity index (χ1v) is 8.46. The third kappa shape index (κ3) is 3.97. The van der Waals surface area contributed by atoms with Crippen LogP contribution in [0.4, 0.5) is 5.69 Å². The van der Waals surface area contributed by atoms with Gasteiger partial charge in [-0.2, -0.15) is 0 Å². The maximum absolute atomic E-state index is 5.83. The van der Waals surface area contributed by atoms with Crippen molar-refractivity contribution < 1.29 is 9.47 Å². The van der Waals surface area contributed by atoms with E-state index in [9.17, 15) is 0 Å². The lowest BCUT2D eigenvalue weighted by atomic mass is 9.85. The summed E-state index contributed by atoms with van der Waals surface area (Å²) in [5.41, 5.74) is 4.23. The van der Waals surface area contributed by atoms with Crippen LogP contribution < -0.4 is 5.32 Å². The second kappa shape index (κ2) is 7.37. The molecule has 24 heavy (non-hydrogen) atoms. The summed E-state index contributed by atoms with van der Waals surface area (Å²) >= 11 is 0. The summed E-state index contributed by atoms with van der Waals surface area (Å²) in [6.45, 7) is 15.7. The molecule has 1 saturated heterocycles. The summed E-state index contributed by atoms with van der Waals surface area (Å²) in [5, 5.41) is 3.57. The van der Waals surface area contributed by atoms with Crippen molar-refractivity contribution in [3.05, 3.63) is 65.9 Å². The Balaban J connectivity index is 2.50. The summed E-state index contributed by atoms with van der Waals surface area (Å²) < 4.78 is 11.7. The Morgan fingerprint density at radius 1 is 1.21 bits per heavy atom. The van der Waals surface area contributed by atoms with Crippen molar-refractivity contribution in [2.45, 2.75) is 45.8 Å². The fourth-order valence-electron chi connectivity index (χ4n) is 2.97. The van der Waals surface area contributed by atoms with Gasteiger partial charge in [0.25, 0.3) is 0 Å². The van der Waals surface area contributed by atoms with Crippen molar-refractivity contribution in [3.63, 3.8) is 0 Å². The van der Waals surface area contributed by atoms with Crippen LogP contribution in [0.15, 0.2) is 60.3 Å². The molecule has 0 spiro atoms. The number of benzene rings is 1. The Labute approximate surface area is 146 Å². The number of para-hydroxylation sites is 1. The molecule has 130 valence electrons.